The van der Waals surface area contributed by atoms with Gasteiger partial charge >= 0.3 is 0 Å². The van der Waals surface area contributed by atoms with Crippen molar-refractivity contribution in [3.8, 4) is 0 Å². The van der Waals surface area contributed by atoms with Gasteiger partial charge in [0, 0.05) is 18.8 Å². The number of unbranched alkanes of at least 4 members (excludes halogenated alkanes) is 2. The summed E-state index contributed by atoms with van der Waals surface area (Å²) in [5.74, 6) is 0. The van der Waals surface area contributed by atoms with Gasteiger partial charge in [-0.3, -0.25) is 0 Å². The second-order valence-corrected chi connectivity index (χ2v) is 5.70. The van der Waals surface area contributed by atoms with Crippen molar-refractivity contribution in [2.75, 3.05) is 6.54 Å². The fourth-order valence-corrected chi connectivity index (χ4v) is 2.03. The first-order valence-corrected chi connectivity index (χ1v) is 6.75. The number of nitrogens with zero attached hydrogens (tertiary/aromatic N) is 1. The molecule has 1 heterocycles. The third kappa shape index (κ3) is 5.35. The van der Waals surface area contributed by atoms with Crippen LogP contribution in [0.1, 0.15) is 57.8 Å². The Morgan fingerprint density at radius 2 is 2.12 bits per heavy atom. The quantitative estimate of drug-likeness (QED) is 0.680. The zero-order valence-electron chi connectivity index (χ0n) is 11.8. The standard InChI is InChI=1S/C14H27N3/c1-5-6-7-8-14(3,4)10-15-9-13-12(2)16-11-17-13/h11,15H,5-10H2,1-4H3,(H,16,17). The molecule has 0 aliphatic carbocycles. The Bertz CT molecular complexity index is 315. The molecule has 0 amide bonds. The maximum Gasteiger partial charge on any atom is 0.0925 e. The van der Waals surface area contributed by atoms with Crippen LogP contribution in [-0.2, 0) is 6.54 Å². The largest absolute Gasteiger partial charge is 0.348 e. The van der Waals surface area contributed by atoms with E-state index >= 15 is 0 Å². The number of nitrogens with one attached hydrogen (secondary N) is 2. The molecule has 0 aliphatic rings. The van der Waals surface area contributed by atoms with Crippen molar-refractivity contribution in [2.24, 2.45) is 5.41 Å². The molecule has 0 bridgehead atoms. The van der Waals surface area contributed by atoms with E-state index in [2.05, 4.69) is 43.0 Å². The normalized spacial score (nSPS) is 12.0. The van der Waals surface area contributed by atoms with Crippen LogP contribution in [-0.4, -0.2) is 16.5 Å². The van der Waals surface area contributed by atoms with Crippen molar-refractivity contribution in [3.63, 3.8) is 0 Å². The first-order valence-electron chi connectivity index (χ1n) is 6.75. The van der Waals surface area contributed by atoms with Crippen LogP contribution in [0.2, 0.25) is 0 Å². The Hall–Kier alpha value is -0.830. The van der Waals surface area contributed by atoms with Gasteiger partial charge in [0.1, 0.15) is 0 Å². The number of rotatable bonds is 8. The second-order valence-electron chi connectivity index (χ2n) is 5.70. The lowest BCUT2D eigenvalue weighted by Crippen LogP contribution is -2.29. The van der Waals surface area contributed by atoms with Crippen molar-refractivity contribution in [1.29, 1.82) is 0 Å². The molecule has 3 nitrogen and oxygen atoms in total. The van der Waals surface area contributed by atoms with Gasteiger partial charge in [-0.05, 0) is 18.8 Å². The maximum atomic E-state index is 4.29. The van der Waals surface area contributed by atoms with Crippen molar-refractivity contribution in [2.45, 2.75) is 59.9 Å². The smallest absolute Gasteiger partial charge is 0.0925 e. The lowest BCUT2D eigenvalue weighted by atomic mass is 9.87. The van der Waals surface area contributed by atoms with Crippen molar-refractivity contribution >= 4 is 0 Å². The maximum absolute atomic E-state index is 4.29. The molecule has 0 spiro atoms. The number of hydrogen-bond donors (Lipinski definition) is 2. The molecule has 0 radical (unpaired) electrons. The molecule has 0 aromatic carbocycles. The first-order chi connectivity index (χ1) is 8.05. The van der Waals surface area contributed by atoms with E-state index in [1.807, 2.05) is 0 Å². The summed E-state index contributed by atoms with van der Waals surface area (Å²) in [6.45, 7) is 10.9. The first kappa shape index (κ1) is 14.2. The molecule has 0 saturated heterocycles. The van der Waals surface area contributed by atoms with Gasteiger partial charge in [0.05, 0.1) is 12.0 Å². The molecule has 98 valence electrons. The van der Waals surface area contributed by atoms with Gasteiger partial charge in [-0.15, -0.1) is 0 Å². The fourth-order valence-electron chi connectivity index (χ4n) is 2.03. The van der Waals surface area contributed by atoms with Gasteiger partial charge in [0.2, 0.25) is 0 Å². The van der Waals surface area contributed by atoms with E-state index in [-0.39, 0.29) is 0 Å². The second kappa shape index (κ2) is 6.80. The minimum absolute atomic E-state index is 0.388. The molecule has 1 rings (SSSR count). The van der Waals surface area contributed by atoms with Crippen molar-refractivity contribution in [3.05, 3.63) is 17.7 Å². The molecule has 0 fully saturated rings. The molecule has 1 aromatic heterocycles. The zero-order chi connectivity index (χ0) is 12.7. The minimum Gasteiger partial charge on any atom is -0.348 e. The Balaban J connectivity index is 2.23. The van der Waals surface area contributed by atoms with Crippen LogP contribution in [0.3, 0.4) is 0 Å². The molecule has 0 aliphatic heterocycles. The van der Waals surface area contributed by atoms with E-state index in [1.54, 1.807) is 6.33 Å². The Morgan fingerprint density at radius 3 is 2.71 bits per heavy atom. The Labute approximate surface area is 105 Å². The average molecular weight is 237 g/mol. The van der Waals surface area contributed by atoms with Crippen LogP contribution in [0.5, 0.6) is 0 Å². The van der Waals surface area contributed by atoms with Crippen LogP contribution >= 0.6 is 0 Å². The average Bonchev–Trinajstić information content (AvgIpc) is 2.64. The summed E-state index contributed by atoms with van der Waals surface area (Å²) < 4.78 is 0. The molecule has 0 unspecified atom stereocenters. The van der Waals surface area contributed by atoms with Gasteiger partial charge < -0.3 is 10.3 Å². The number of hydrogen-bond acceptors (Lipinski definition) is 2. The van der Waals surface area contributed by atoms with Crippen LogP contribution < -0.4 is 5.32 Å². The van der Waals surface area contributed by atoms with E-state index in [0.29, 0.717) is 5.41 Å². The number of aryl methyl sites for hydroxylation is 1. The van der Waals surface area contributed by atoms with Gasteiger partial charge in [-0.1, -0.05) is 40.0 Å². The summed E-state index contributed by atoms with van der Waals surface area (Å²) in [7, 11) is 0. The molecular formula is C14H27N3. The van der Waals surface area contributed by atoms with E-state index in [9.17, 15) is 0 Å². The van der Waals surface area contributed by atoms with Gasteiger partial charge in [-0.25, -0.2) is 4.98 Å². The predicted molar refractivity (Wildman–Crippen MR) is 73.0 cm³/mol. The summed E-state index contributed by atoms with van der Waals surface area (Å²) in [5, 5.41) is 3.51. The topological polar surface area (TPSA) is 40.7 Å². The SMILES string of the molecule is CCCCCC(C)(C)CNCc1nc[nH]c1C. The van der Waals surface area contributed by atoms with Gasteiger partial charge in [0.25, 0.3) is 0 Å². The third-order valence-electron chi connectivity index (χ3n) is 3.29. The molecule has 2 N–H and O–H groups in total. The minimum atomic E-state index is 0.388. The molecule has 1 aromatic rings. The third-order valence-corrected chi connectivity index (χ3v) is 3.29. The number of H-pyrrole nitrogens is 1. The van der Waals surface area contributed by atoms with E-state index in [1.165, 1.54) is 31.4 Å². The Kier molecular flexibility index (Phi) is 5.69. The zero-order valence-corrected chi connectivity index (χ0v) is 11.8. The highest BCUT2D eigenvalue weighted by molar-refractivity contribution is 5.07. The van der Waals surface area contributed by atoms with E-state index in [0.717, 1.165) is 18.8 Å². The lowest BCUT2D eigenvalue weighted by Gasteiger charge is -2.25. The summed E-state index contributed by atoms with van der Waals surface area (Å²) in [4.78, 5) is 7.40. The number of aromatic amines is 1. The summed E-state index contributed by atoms with van der Waals surface area (Å²) >= 11 is 0. The number of imidazole rings is 1. The molecule has 0 atom stereocenters. The highest BCUT2D eigenvalue weighted by Gasteiger charge is 2.16. The van der Waals surface area contributed by atoms with Crippen molar-refractivity contribution in [1.82, 2.24) is 15.3 Å². The van der Waals surface area contributed by atoms with Crippen LogP contribution in [0.15, 0.2) is 6.33 Å². The molecular weight excluding hydrogens is 210 g/mol. The Morgan fingerprint density at radius 1 is 1.35 bits per heavy atom. The highest BCUT2D eigenvalue weighted by atomic mass is 14.9. The monoisotopic (exact) mass is 237 g/mol. The molecule has 0 saturated carbocycles. The van der Waals surface area contributed by atoms with Gasteiger partial charge in [-0.2, -0.15) is 0 Å². The van der Waals surface area contributed by atoms with E-state index < -0.39 is 0 Å². The molecule has 17 heavy (non-hydrogen) atoms. The summed E-state index contributed by atoms with van der Waals surface area (Å²) in [6, 6.07) is 0. The van der Waals surface area contributed by atoms with Crippen LogP contribution in [0, 0.1) is 12.3 Å². The van der Waals surface area contributed by atoms with Gasteiger partial charge in [0.15, 0.2) is 0 Å². The van der Waals surface area contributed by atoms with E-state index in [4.69, 9.17) is 0 Å². The predicted octanol–water partition coefficient (Wildman–Crippen LogP) is 3.41. The number of aromatic nitrogens is 2. The summed E-state index contributed by atoms with van der Waals surface area (Å²) in [6.07, 6.45) is 7.05. The van der Waals surface area contributed by atoms with Crippen LogP contribution in [0.25, 0.3) is 0 Å². The molecule has 3 heteroatoms. The van der Waals surface area contributed by atoms with Crippen LogP contribution in [0.4, 0.5) is 0 Å². The highest BCUT2D eigenvalue weighted by Crippen LogP contribution is 2.22. The van der Waals surface area contributed by atoms with Crippen molar-refractivity contribution < 1.29 is 0 Å². The fraction of sp³-hybridized carbons (Fsp3) is 0.786. The lowest BCUT2D eigenvalue weighted by molar-refractivity contribution is 0.301. The summed E-state index contributed by atoms with van der Waals surface area (Å²) in [5.41, 5.74) is 2.69.